The van der Waals surface area contributed by atoms with Crippen LogP contribution in [0.4, 0.5) is 5.69 Å². The first-order chi connectivity index (χ1) is 8.61. The third-order valence-electron chi connectivity index (χ3n) is 4.03. The van der Waals surface area contributed by atoms with Gasteiger partial charge in [0, 0.05) is 13.1 Å². The van der Waals surface area contributed by atoms with Gasteiger partial charge in [0.15, 0.2) is 0 Å². The molecule has 1 aliphatic heterocycles. The Morgan fingerprint density at radius 2 is 2.22 bits per heavy atom. The fraction of sp³-hybridized carbons (Fsp3) is 0.667. The number of hydrogen-bond acceptors (Lipinski definition) is 3. The van der Waals surface area contributed by atoms with Crippen molar-refractivity contribution in [1.29, 1.82) is 0 Å². The van der Waals surface area contributed by atoms with E-state index in [0.717, 1.165) is 30.6 Å². The van der Waals surface area contributed by atoms with Gasteiger partial charge in [-0.2, -0.15) is 0 Å². The molecule has 18 heavy (non-hydrogen) atoms. The van der Waals surface area contributed by atoms with E-state index in [9.17, 15) is 5.11 Å². The van der Waals surface area contributed by atoms with E-state index in [0.29, 0.717) is 6.42 Å². The summed E-state index contributed by atoms with van der Waals surface area (Å²) in [5.74, 6) is 1.55. The summed E-state index contributed by atoms with van der Waals surface area (Å²) in [6, 6.07) is 4.04. The average molecular weight is 248 g/mol. The molecule has 1 unspecified atom stereocenters. The molecule has 0 spiro atoms. The second kappa shape index (κ2) is 5.70. The fourth-order valence-electron chi connectivity index (χ4n) is 2.56. The zero-order valence-electron chi connectivity index (χ0n) is 11.6. The first-order valence-electron chi connectivity index (χ1n) is 7.00. The number of aliphatic hydroxyl groups is 1. The maximum absolute atomic E-state index is 9.72. The van der Waals surface area contributed by atoms with Gasteiger partial charge in [0.25, 0.3) is 0 Å². The second-order valence-corrected chi connectivity index (χ2v) is 5.60. The van der Waals surface area contributed by atoms with Crippen LogP contribution in [-0.2, 0) is 0 Å². The maximum atomic E-state index is 9.72. The summed E-state index contributed by atoms with van der Waals surface area (Å²) in [5, 5.41) is 9.72. The zero-order valence-corrected chi connectivity index (χ0v) is 11.6. The lowest BCUT2D eigenvalue weighted by atomic mass is 9.95. The highest BCUT2D eigenvalue weighted by Gasteiger charge is 2.25. The van der Waals surface area contributed by atoms with E-state index in [-0.39, 0.29) is 0 Å². The highest BCUT2D eigenvalue weighted by atomic mass is 16.3. The first kappa shape index (κ1) is 13.3. The van der Waals surface area contributed by atoms with Gasteiger partial charge < -0.3 is 10.0 Å². The highest BCUT2D eigenvalue weighted by Crippen LogP contribution is 2.28. The Morgan fingerprint density at radius 1 is 1.44 bits per heavy atom. The molecule has 1 aliphatic rings. The molecule has 2 heterocycles. The van der Waals surface area contributed by atoms with Crippen LogP contribution in [0, 0.1) is 11.8 Å². The molecule has 3 heteroatoms. The lowest BCUT2D eigenvalue weighted by Gasteiger charge is -2.20. The number of anilines is 1. The highest BCUT2D eigenvalue weighted by molar-refractivity contribution is 5.45. The van der Waals surface area contributed by atoms with E-state index < -0.39 is 6.10 Å². The van der Waals surface area contributed by atoms with Crippen LogP contribution in [0.3, 0.4) is 0 Å². The molecule has 1 saturated heterocycles. The topological polar surface area (TPSA) is 36.4 Å². The second-order valence-electron chi connectivity index (χ2n) is 5.60. The summed E-state index contributed by atoms with van der Waals surface area (Å²) >= 11 is 0. The Labute approximate surface area is 110 Å². The molecular weight excluding hydrogens is 224 g/mol. The van der Waals surface area contributed by atoms with Crippen molar-refractivity contribution in [3.8, 4) is 0 Å². The first-order valence-corrected chi connectivity index (χ1v) is 7.00. The van der Waals surface area contributed by atoms with Gasteiger partial charge in [0.2, 0.25) is 0 Å². The summed E-state index contributed by atoms with van der Waals surface area (Å²) in [6.07, 6.45) is 3.46. The van der Waals surface area contributed by atoms with Crippen LogP contribution >= 0.6 is 0 Å². The SMILES string of the molecule is CC[C@H](O)c1ccc(N2CCC(C(C)C)C2)cn1. The van der Waals surface area contributed by atoms with Crippen molar-refractivity contribution in [3.63, 3.8) is 0 Å². The maximum Gasteiger partial charge on any atom is 0.0957 e. The Morgan fingerprint density at radius 3 is 2.72 bits per heavy atom. The summed E-state index contributed by atoms with van der Waals surface area (Å²) in [7, 11) is 0. The Bertz CT molecular complexity index is 375. The van der Waals surface area contributed by atoms with Crippen molar-refractivity contribution in [2.75, 3.05) is 18.0 Å². The minimum absolute atomic E-state index is 0.430. The standard InChI is InChI=1S/C15H24N2O/c1-4-15(18)14-6-5-13(9-16-14)17-8-7-12(10-17)11(2)3/h5-6,9,11-12,15,18H,4,7-8,10H2,1-3H3/t12?,15-/m0/s1. The molecule has 1 N–H and O–H groups in total. The average Bonchev–Trinajstić information content (AvgIpc) is 2.88. The van der Waals surface area contributed by atoms with Crippen LogP contribution < -0.4 is 4.90 Å². The van der Waals surface area contributed by atoms with Gasteiger partial charge in [-0.3, -0.25) is 4.98 Å². The van der Waals surface area contributed by atoms with E-state index in [1.54, 1.807) is 0 Å². The molecule has 100 valence electrons. The predicted molar refractivity (Wildman–Crippen MR) is 74.6 cm³/mol. The summed E-state index contributed by atoms with van der Waals surface area (Å²) in [6.45, 7) is 8.82. The van der Waals surface area contributed by atoms with E-state index in [4.69, 9.17) is 0 Å². The molecule has 1 fully saturated rings. The lowest BCUT2D eigenvalue weighted by molar-refractivity contribution is 0.169. The fourth-order valence-corrected chi connectivity index (χ4v) is 2.56. The number of rotatable bonds is 4. The smallest absolute Gasteiger partial charge is 0.0957 e. The Hall–Kier alpha value is -1.09. The molecule has 0 bridgehead atoms. The third kappa shape index (κ3) is 2.83. The molecular formula is C15H24N2O. The number of nitrogens with zero attached hydrogens (tertiary/aromatic N) is 2. The zero-order chi connectivity index (χ0) is 13.1. The molecule has 0 aliphatic carbocycles. The quantitative estimate of drug-likeness (QED) is 0.890. The number of pyridine rings is 1. The van der Waals surface area contributed by atoms with E-state index in [2.05, 4.69) is 29.8 Å². The molecule has 0 amide bonds. The van der Waals surface area contributed by atoms with Crippen LogP contribution in [0.25, 0.3) is 0 Å². The monoisotopic (exact) mass is 248 g/mol. The van der Waals surface area contributed by atoms with Crippen LogP contribution in [0.2, 0.25) is 0 Å². The van der Waals surface area contributed by atoms with Gasteiger partial charge in [0.05, 0.1) is 23.7 Å². The van der Waals surface area contributed by atoms with Gasteiger partial charge in [0.1, 0.15) is 0 Å². The van der Waals surface area contributed by atoms with Gasteiger partial charge in [-0.1, -0.05) is 20.8 Å². The van der Waals surface area contributed by atoms with Crippen molar-refractivity contribution in [3.05, 3.63) is 24.0 Å². The van der Waals surface area contributed by atoms with Crippen LogP contribution in [0.5, 0.6) is 0 Å². The summed E-state index contributed by atoms with van der Waals surface area (Å²) in [5.41, 5.74) is 1.96. The molecule has 0 aromatic carbocycles. The molecule has 1 aromatic rings. The lowest BCUT2D eigenvalue weighted by Crippen LogP contribution is -2.21. The minimum Gasteiger partial charge on any atom is -0.387 e. The van der Waals surface area contributed by atoms with Crippen molar-refractivity contribution in [2.24, 2.45) is 11.8 Å². The van der Waals surface area contributed by atoms with Gasteiger partial charge in [-0.05, 0) is 36.8 Å². The van der Waals surface area contributed by atoms with Crippen LogP contribution in [0.15, 0.2) is 18.3 Å². The molecule has 0 saturated carbocycles. The molecule has 0 radical (unpaired) electrons. The van der Waals surface area contributed by atoms with Crippen molar-refractivity contribution in [2.45, 2.75) is 39.7 Å². The van der Waals surface area contributed by atoms with Gasteiger partial charge in [-0.15, -0.1) is 0 Å². The Balaban J connectivity index is 2.02. The third-order valence-corrected chi connectivity index (χ3v) is 4.03. The molecule has 3 nitrogen and oxygen atoms in total. The number of hydrogen-bond donors (Lipinski definition) is 1. The van der Waals surface area contributed by atoms with Crippen LogP contribution in [0.1, 0.15) is 45.4 Å². The van der Waals surface area contributed by atoms with E-state index in [1.807, 2.05) is 19.2 Å². The van der Waals surface area contributed by atoms with Gasteiger partial charge >= 0.3 is 0 Å². The molecule has 2 atom stereocenters. The largest absolute Gasteiger partial charge is 0.387 e. The predicted octanol–water partition coefficient (Wildman–Crippen LogP) is 3.01. The summed E-state index contributed by atoms with van der Waals surface area (Å²) in [4.78, 5) is 6.77. The van der Waals surface area contributed by atoms with Crippen LogP contribution in [-0.4, -0.2) is 23.2 Å². The van der Waals surface area contributed by atoms with Gasteiger partial charge in [-0.25, -0.2) is 0 Å². The van der Waals surface area contributed by atoms with E-state index >= 15 is 0 Å². The van der Waals surface area contributed by atoms with E-state index in [1.165, 1.54) is 12.1 Å². The van der Waals surface area contributed by atoms with Crippen molar-refractivity contribution < 1.29 is 5.11 Å². The number of aliphatic hydroxyl groups excluding tert-OH is 1. The minimum atomic E-state index is -0.430. The Kier molecular flexibility index (Phi) is 4.23. The molecule has 1 aromatic heterocycles. The molecule has 2 rings (SSSR count). The normalized spacial score (nSPS) is 21.6. The summed E-state index contributed by atoms with van der Waals surface area (Å²) < 4.78 is 0. The number of aromatic nitrogens is 1. The van der Waals surface area contributed by atoms with Crippen molar-refractivity contribution in [1.82, 2.24) is 4.98 Å². The van der Waals surface area contributed by atoms with Crippen molar-refractivity contribution >= 4 is 5.69 Å².